The van der Waals surface area contributed by atoms with E-state index in [4.69, 9.17) is 27.9 Å². The van der Waals surface area contributed by atoms with Gasteiger partial charge in [0.2, 0.25) is 0 Å². The maximum absolute atomic E-state index is 6.25. The monoisotopic (exact) mass is 359 g/mol. The first-order chi connectivity index (χ1) is 11.5. The topological polar surface area (TPSA) is 21.3 Å². The molecule has 0 saturated carbocycles. The van der Waals surface area contributed by atoms with Gasteiger partial charge in [-0.05, 0) is 48.9 Å². The smallest absolute Gasteiger partial charge is 0.125 e. The van der Waals surface area contributed by atoms with Gasteiger partial charge in [-0.25, -0.2) is 0 Å². The van der Waals surface area contributed by atoms with Crippen molar-refractivity contribution in [1.29, 1.82) is 0 Å². The lowest BCUT2D eigenvalue weighted by Crippen LogP contribution is -2.10. The van der Waals surface area contributed by atoms with E-state index in [0.29, 0.717) is 16.6 Å². The summed E-state index contributed by atoms with van der Waals surface area (Å²) in [5, 5.41) is 7.03. The van der Waals surface area contributed by atoms with Gasteiger partial charge in [-0.3, -0.25) is 0 Å². The number of benzene rings is 3. The molecule has 0 heterocycles. The van der Waals surface area contributed by atoms with Crippen molar-refractivity contribution in [2.24, 2.45) is 0 Å². The van der Waals surface area contributed by atoms with Crippen LogP contribution in [0.2, 0.25) is 10.0 Å². The van der Waals surface area contributed by atoms with Gasteiger partial charge in [0.25, 0.3) is 0 Å². The number of anilines is 1. The lowest BCUT2D eigenvalue weighted by molar-refractivity contribution is 0.240. The third-order valence-electron chi connectivity index (χ3n) is 3.74. The first-order valence-corrected chi connectivity index (χ1v) is 8.66. The summed E-state index contributed by atoms with van der Waals surface area (Å²) in [6, 6.07) is 17.8. The number of ether oxygens (including phenoxy) is 1. The van der Waals surface area contributed by atoms with Crippen LogP contribution in [0.5, 0.6) is 5.75 Å². The average Bonchev–Trinajstić information content (AvgIpc) is 2.56. The molecule has 0 aliphatic carbocycles. The molecule has 0 aromatic heterocycles. The average molecular weight is 360 g/mol. The van der Waals surface area contributed by atoms with E-state index in [1.54, 1.807) is 12.1 Å². The van der Waals surface area contributed by atoms with E-state index in [-0.39, 0.29) is 6.10 Å². The molecule has 0 aliphatic heterocycles. The highest BCUT2D eigenvalue weighted by Gasteiger charge is 2.11. The van der Waals surface area contributed by atoms with Crippen molar-refractivity contribution >= 4 is 39.7 Å². The van der Waals surface area contributed by atoms with E-state index in [9.17, 15) is 0 Å². The molecule has 0 radical (unpaired) electrons. The summed E-state index contributed by atoms with van der Waals surface area (Å²) in [5.74, 6) is 0.884. The third-order valence-corrected chi connectivity index (χ3v) is 4.31. The Labute approximate surface area is 152 Å². The molecule has 0 saturated heterocycles. The van der Waals surface area contributed by atoms with Crippen LogP contribution in [0.1, 0.15) is 19.4 Å². The van der Waals surface area contributed by atoms with Crippen molar-refractivity contribution in [2.75, 3.05) is 5.32 Å². The Morgan fingerprint density at radius 1 is 1.00 bits per heavy atom. The van der Waals surface area contributed by atoms with Gasteiger partial charge < -0.3 is 10.1 Å². The first kappa shape index (κ1) is 16.9. The number of hydrogen-bond donors (Lipinski definition) is 1. The molecule has 0 unspecified atom stereocenters. The Morgan fingerprint density at radius 2 is 1.79 bits per heavy atom. The molecule has 0 amide bonds. The van der Waals surface area contributed by atoms with Gasteiger partial charge in [-0.2, -0.15) is 0 Å². The molecule has 2 nitrogen and oxygen atoms in total. The number of rotatable bonds is 5. The van der Waals surface area contributed by atoms with E-state index in [0.717, 1.165) is 17.0 Å². The molecule has 24 heavy (non-hydrogen) atoms. The normalized spacial score (nSPS) is 11.0. The maximum Gasteiger partial charge on any atom is 0.125 e. The molecule has 3 rings (SSSR count). The Balaban J connectivity index is 1.98. The van der Waals surface area contributed by atoms with Crippen LogP contribution in [0.3, 0.4) is 0 Å². The van der Waals surface area contributed by atoms with Crippen molar-refractivity contribution in [1.82, 2.24) is 0 Å². The zero-order valence-electron chi connectivity index (χ0n) is 13.6. The van der Waals surface area contributed by atoms with Gasteiger partial charge in [0.1, 0.15) is 5.75 Å². The fourth-order valence-electron chi connectivity index (χ4n) is 2.68. The molecule has 0 aliphatic rings. The lowest BCUT2D eigenvalue weighted by Gasteiger charge is -2.18. The zero-order chi connectivity index (χ0) is 17.1. The van der Waals surface area contributed by atoms with Gasteiger partial charge in [-0.15, -0.1) is 0 Å². The highest BCUT2D eigenvalue weighted by Crippen LogP contribution is 2.31. The minimum atomic E-state index is 0.111. The largest absolute Gasteiger partial charge is 0.491 e. The van der Waals surface area contributed by atoms with Crippen molar-refractivity contribution in [3.05, 3.63) is 70.2 Å². The number of fused-ring (bicyclic) bond motifs is 1. The standard InChI is InChI=1S/C20H19Cl2NO/c1-13(2)24-20-10-7-14-5-3-4-6-16(14)17(20)12-23-19-11-15(21)8-9-18(19)22/h3-11,13,23H,12H2,1-2H3. The van der Waals surface area contributed by atoms with Gasteiger partial charge in [0.15, 0.2) is 0 Å². The molecule has 3 aromatic carbocycles. The number of nitrogens with one attached hydrogen (secondary N) is 1. The minimum absolute atomic E-state index is 0.111. The Bertz CT molecular complexity index is 861. The van der Waals surface area contributed by atoms with E-state index in [1.165, 1.54) is 10.8 Å². The molecule has 4 heteroatoms. The number of hydrogen-bond acceptors (Lipinski definition) is 2. The van der Waals surface area contributed by atoms with Crippen LogP contribution in [0.25, 0.3) is 10.8 Å². The van der Waals surface area contributed by atoms with Crippen LogP contribution >= 0.6 is 23.2 Å². The van der Waals surface area contributed by atoms with Crippen LogP contribution in [0, 0.1) is 0 Å². The molecule has 1 N–H and O–H groups in total. The van der Waals surface area contributed by atoms with Crippen LogP contribution in [-0.4, -0.2) is 6.10 Å². The molecule has 0 fully saturated rings. The van der Waals surface area contributed by atoms with Crippen LogP contribution in [0.15, 0.2) is 54.6 Å². The Morgan fingerprint density at radius 3 is 2.58 bits per heavy atom. The predicted octanol–water partition coefficient (Wildman–Crippen LogP) is 6.55. The summed E-state index contributed by atoms with van der Waals surface area (Å²) >= 11 is 12.3. The van der Waals surface area contributed by atoms with E-state index in [1.807, 2.05) is 38.1 Å². The van der Waals surface area contributed by atoms with E-state index < -0.39 is 0 Å². The second kappa shape index (κ2) is 7.33. The second-order valence-corrected chi connectivity index (χ2v) is 6.75. The second-order valence-electron chi connectivity index (χ2n) is 5.91. The summed E-state index contributed by atoms with van der Waals surface area (Å²) < 4.78 is 6.00. The van der Waals surface area contributed by atoms with Crippen molar-refractivity contribution < 1.29 is 4.74 Å². The van der Waals surface area contributed by atoms with Crippen molar-refractivity contribution in [3.63, 3.8) is 0 Å². The van der Waals surface area contributed by atoms with Crippen molar-refractivity contribution in [2.45, 2.75) is 26.5 Å². The van der Waals surface area contributed by atoms with Gasteiger partial charge in [0.05, 0.1) is 16.8 Å². The highest BCUT2D eigenvalue weighted by atomic mass is 35.5. The third kappa shape index (κ3) is 3.77. The van der Waals surface area contributed by atoms with Gasteiger partial charge in [0, 0.05) is 17.1 Å². The van der Waals surface area contributed by atoms with Crippen LogP contribution < -0.4 is 10.1 Å². The summed E-state index contributed by atoms with van der Waals surface area (Å²) in [6.45, 7) is 4.66. The van der Waals surface area contributed by atoms with Gasteiger partial charge >= 0.3 is 0 Å². The van der Waals surface area contributed by atoms with Gasteiger partial charge in [-0.1, -0.05) is 53.5 Å². The molecule has 0 bridgehead atoms. The van der Waals surface area contributed by atoms with E-state index in [2.05, 4.69) is 23.5 Å². The summed E-state index contributed by atoms with van der Waals surface area (Å²) in [7, 11) is 0. The predicted molar refractivity (Wildman–Crippen MR) is 104 cm³/mol. The molecule has 124 valence electrons. The lowest BCUT2D eigenvalue weighted by atomic mass is 10.0. The SMILES string of the molecule is CC(C)Oc1ccc2ccccc2c1CNc1cc(Cl)ccc1Cl. The van der Waals surface area contributed by atoms with Crippen LogP contribution in [-0.2, 0) is 6.54 Å². The van der Waals surface area contributed by atoms with E-state index >= 15 is 0 Å². The zero-order valence-corrected chi connectivity index (χ0v) is 15.2. The first-order valence-electron chi connectivity index (χ1n) is 7.91. The Kier molecular flexibility index (Phi) is 5.17. The van der Waals surface area contributed by atoms with Crippen molar-refractivity contribution in [3.8, 4) is 5.75 Å². The maximum atomic E-state index is 6.25. The molecule has 3 aromatic rings. The molecular formula is C20H19Cl2NO. The minimum Gasteiger partial charge on any atom is -0.491 e. The quantitative estimate of drug-likeness (QED) is 0.557. The molecule has 0 atom stereocenters. The molecule has 0 spiro atoms. The summed E-state index contributed by atoms with van der Waals surface area (Å²) in [5.41, 5.74) is 1.92. The van der Waals surface area contributed by atoms with Crippen LogP contribution in [0.4, 0.5) is 5.69 Å². The Hall–Kier alpha value is -1.90. The fraction of sp³-hybridized carbons (Fsp3) is 0.200. The summed E-state index contributed by atoms with van der Waals surface area (Å²) in [6.07, 6.45) is 0.111. The summed E-state index contributed by atoms with van der Waals surface area (Å²) in [4.78, 5) is 0. The number of halogens is 2. The highest BCUT2D eigenvalue weighted by molar-refractivity contribution is 6.35. The fourth-order valence-corrected chi connectivity index (χ4v) is 3.04. The molecular weight excluding hydrogens is 341 g/mol.